The Kier molecular flexibility index (Phi) is 16.5. The molecule has 0 atom stereocenters. The highest BCUT2D eigenvalue weighted by Gasteiger charge is 2.45. The van der Waals surface area contributed by atoms with Crippen molar-refractivity contribution in [3.05, 3.63) is 0 Å². The lowest BCUT2D eigenvalue weighted by molar-refractivity contribution is -0.147. The Hall–Kier alpha value is -0.240. The first-order valence-electron chi connectivity index (χ1n) is 21.2. The Morgan fingerprint density at radius 3 is 1.10 bits per heavy atom. The quantitative estimate of drug-likeness (QED) is 0.279. The molecule has 0 spiro atoms. The van der Waals surface area contributed by atoms with Crippen molar-refractivity contribution in [1.82, 2.24) is 24.5 Å². The molecule has 0 unspecified atom stereocenters. The van der Waals surface area contributed by atoms with Crippen LogP contribution in [0.3, 0.4) is 0 Å². The molecule has 6 rings (SSSR count). The summed E-state index contributed by atoms with van der Waals surface area (Å²) in [5.41, 5.74) is 2.59. The second kappa shape index (κ2) is 17.9. The second-order valence-electron chi connectivity index (χ2n) is 22.1. The number of likely N-dealkylation sites (tertiary alicyclic amines) is 1. The zero-order valence-corrected chi connectivity index (χ0v) is 36.4. The molecule has 0 radical (unpaired) electrons. The molecule has 6 heteroatoms. The third kappa shape index (κ3) is 10.8. The third-order valence-corrected chi connectivity index (χ3v) is 16.3. The molecule has 4 saturated heterocycles. The van der Waals surface area contributed by atoms with Gasteiger partial charge >= 0.3 is 0 Å². The van der Waals surface area contributed by atoms with Gasteiger partial charge in [-0.15, -0.1) is 0 Å². The van der Waals surface area contributed by atoms with Crippen LogP contribution in [0.2, 0.25) is 0 Å². The molecule has 0 amide bonds. The van der Waals surface area contributed by atoms with Gasteiger partial charge in [-0.3, -0.25) is 19.6 Å². The standard InChI is InChI=1S/C15H30N2O.C15H30N2.C14H27N.2CH4/c1-13(2,3)14(4,5)16-7-9-17(10-8-16)15(6)11-18-12-15;1-14(2,3)15(4,5)17-11-9-16(10-12-17)13-7-6-8-13;1-13(2,3)14(4)8-10-15(11-9-14)12-6-5-7-12;;/h7-12H2,1-6H3;13H,6-12H2,1-5H3;12H,5-11H2,1-4H3;2*1H4. The summed E-state index contributed by atoms with van der Waals surface area (Å²) in [5.74, 6) is 0. The summed E-state index contributed by atoms with van der Waals surface area (Å²) in [7, 11) is 0. The minimum absolute atomic E-state index is 0. The van der Waals surface area contributed by atoms with Gasteiger partial charge < -0.3 is 9.64 Å². The molecule has 6 aliphatic rings. The third-order valence-electron chi connectivity index (χ3n) is 16.3. The molecule has 52 heavy (non-hydrogen) atoms. The fraction of sp³-hybridized carbons (Fsp3) is 1.00. The average Bonchev–Trinajstić information content (AvgIpc) is 2.95. The summed E-state index contributed by atoms with van der Waals surface area (Å²) in [6, 6.07) is 1.88. The molecule has 0 aromatic carbocycles. The predicted molar refractivity (Wildman–Crippen MR) is 230 cm³/mol. The second-order valence-corrected chi connectivity index (χ2v) is 22.1. The molecule has 0 bridgehead atoms. The number of ether oxygens (including phenoxy) is 1. The van der Waals surface area contributed by atoms with E-state index in [0.717, 1.165) is 25.3 Å². The van der Waals surface area contributed by atoms with Gasteiger partial charge in [0.25, 0.3) is 0 Å². The van der Waals surface area contributed by atoms with Gasteiger partial charge in [0.2, 0.25) is 0 Å². The van der Waals surface area contributed by atoms with Gasteiger partial charge in [0.15, 0.2) is 0 Å². The molecule has 0 N–H and O–H groups in total. The molecule has 4 heterocycles. The van der Waals surface area contributed by atoms with Gasteiger partial charge in [0, 0.05) is 75.5 Å². The molecule has 310 valence electrons. The first-order valence-corrected chi connectivity index (χ1v) is 21.2. The summed E-state index contributed by atoms with van der Waals surface area (Å²) >= 11 is 0. The lowest BCUT2D eigenvalue weighted by Gasteiger charge is -2.55. The van der Waals surface area contributed by atoms with Gasteiger partial charge in [-0.1, -0.05) is 96.9 Å². The van der Waals surface area contributed by atoms with E-state index < -0.39 is 0 Å². The van der Waals surface area contributed by atoms with E-state index in [-0.39, 0.29) is 20.4 Å². The summed E-state index contributed by atoms with van der Waals surface area (Å²) in [6.07, 6.45) is 11.5. The molecular formula is C46H95N5O. The van der Waals surface area contributed by atoms with Crippen molar-refractivity contribution in [1.29, 1.82) is 0 Å². The molecule has 0 aromatic rings. The SMILES string of the molecule is C.C.CC(C)(C)C(C)(C)N1CCN(C2CCC2)CC1.CC(C)(C)C1(C)CCN(C2CCC2)CC1.CC1(N2CCN(C(C)(C)C(C)(C)C)CC2)COC1. The van der Waals surface area contributed by atoms with E-state index in [1.807, 2.05) is 0 Å². The van der Waals surface area contributed by atoms with Crippen LogP contribution in [0, 0.1) is 21.7 Å². The monoisotopic (exact) mass is 734 g/mol. The largest absolute Gasteiger partial charge is 0.377 e. The van der Waals surface area contributed by atoms with E-state index in [0.29, 0.717) is 32.7 Å². The van der Waals surface area contributed by atoms with Gasteiger partial charge in [0.1, 0.15) is 0 Å². The molecular weight excluding hydrogens is 639 g/mol. The molecule has 2 aliphatic carbocycles. The molecule has 6 nitrogen and oxygen atoms in total. The molecule has 6 fully saturated rings. The van der Waals surface area contributed by atoms with Crippen LogP contribution >= 0.6 is 0 Å². The molecule has 0 aromatic heterocycles. The Morgan fingerprint density at radius 1 is 0.481 bits per heavy atom. The maximum atomic E-state index is 5.38. The number of hydrogen-bond acceptors (Lipinski definition) is 6. The fourth-order valence-electron chi connectivity index (χ4n) is 8.62. The Labute approximate surface area is 327 Å². The van der Waals surface area contributed by atoms with E-state index in [1.165, 1.54) is 117 Å². The minimum atomic E-state index is 0. The Morgan fingerprint density at radius 2 is 0.827 bits per heavy atom. The lowest BCUT2D eigenvalue weighted by atomic mass is 9.62. The van der Waals surface area contributed by atoms with Crippen LogP contribution in [0.4, 0.5) is 0 Å². The topological polar surface area (TPSA) is 25.4 Å². The summed E-state index contributed by atoms with van der Waals surface area (Å²) in [6.45, 7) is 50.1. The van der Waals surface area contributed by atoms with Crippen LogP contribution in [0.5, 0.6) is 0 Å². The summed E-state index contributed by atoms with van der Waals surface area (Å²) in [4.78, 5) is 13.4. The zero-order chi connectivity index (χ0) is 37.4. The van der Waals surface area contributed by atoms with Crippen LogP contribution < -0.4 is 0 Å². The lowest BCUT2D eigenvalue weighted by Crippen LogP contribution is -2.67. The van der Waals surface area contributed by atoms with Crippen molar-refractivity contribution in [2.75, 3.05) is 78.7 Å². The van der Waals surface area contributed by atoms with Gasteiger partial charge in [-0.05, 0) is 108 Å². The highest BCUT2D eigenvalue weighted by molar-refractivity contribution is 5.00. The normalized spacial score (nSPS) is 26.1. The smallest absolute Gasteiger partial charge is 0.0671 e. The van der Waals surface area contributed by atoms with Crippen molar-refractivity contribution in [2.45, 2.75) is 199 Å². The average molecular weight is 734 g/mol. The van der Waals surface area contributed by atoms with Crippen LogP contribution in [0.25, 0.3) is 0 Å². The van der Waals surface area contributed by atoms with Crippen molar-refractivity contribution in [3.8, 4) is 0 Å². The van der Waals surface area contributed by atoms with E-state index >= 15 is 0 Å². The van der Waals surface area contributed by atoms with Gasteiger partial charge in [-0.2, -0.15) is 0 Å². The highest BCUT2D eigenvalue weighted by Crippen LogP contribution is 2.47. The van der Waals surface area contributed by atoms with E-state index in [4.69, 9.17) is 4.74 Å². The summed E-state index contributed by atoms with van der Waals surface area (Å²) < 4.78 is 5.38. The first kappa shape index (κ1) is 47.9. The highest BCUT2D eigenvalue weighted by atomic mass is 16.5. The van der Waals surface area contributed by atoms with Crippen molar-refractivity contribution >= 4 is 0 Å². The van der Waals surface area contributed by atoms with E-state index in [9.17, 15) is 0 Å². The van der Waals surface area contributed by atoms with Crippen LogP contribution in [-0.4, -0.2) is 132 Å². The zero-order valence-electron chi connectivity index (χ0n) is 36.4. The fourth-order valence-corrected chi connectivity index (χ4v) is 8.62. The van der Waals surface area contributed by atoms with Gasteiger partial charge in [-0.25, -0.2) is 0 Å². The molecule has 4 aliphatic heterocycles. The van der Waals surface area contributed by atoms with Crippen LogP contribution in [0.15, 0.2) is 0 Å². The Bertz CT molecular complexity index is 1030. The van der Waals surface area contributed by atoms with E-state index in [1.54, 1.807) is 0 Å². The Balaban J connectivity index is 0.000000266. The van der Waals surface area contributed by atoms with Gasteiger partial charge in [0.05, 0.1) is 18.8 Å². The van der Waals surface area contributed by atoms with Crippen LogP contribution in [-0.2, 0) is 4.74 Å². The number of hydrogen-bond donors (Lipinski definition) is 0. The number of piperidine rings is 1. The minimum Gasteiger partial charge on any atom is -0.377 e. The maximum absolute atomic E-state index is 5.38. The van der Waals surface area contributed by atoms with Crippen molar-refractivity contribution < 1.29 is 4.74 Å². The van der Waals surface area contributed by atoms with Crippen molar-refractivity contribution in [3.63, 3.8) is 0 Å². The van der Waals surface area contributed by atoms with E-state index in [2.05, 4.69) is 128 Å². The first-order chi connectivity index (χ1) is 22.9. The predicted octanol–water partition coefficient (Wildman–Crippen LogP) is 10.2. The number of nitrogens with zero attached hydrogens (tertiary/aromatic N) is 5. The maximum Gasteiger partial charge on any atom is 0.0671 e. The van der Waals surface area contributed by atoms with Crippen LogP contribution in [0.1, 0.15) is 170 Å². The number of piperazine rings is 2. The van der Waals surface area contributed by atoms with Crippen molar-refractivity contribution in [2.24, 2.45) is 21.7 Å². The molecule has 2 saturated carbocycles. The summed E-state index contributed by atoms with van der Waals surface area (Å²) in [5, 5.41) is 0. The number of rotatable bonds is 5.